The number of hydrogen-bond donors (Lipinski definition) is 1. The van der Waals surface area contributed by atoms with Crippen LogP contribution in [0.3, 0.4) is 0 Å². The van der Waals surface area contributed by atoms with E-state index in [-0.39, 0.29) is 6.54 Å². The summed E-state index contributed by atoms with van der Waals surface area (Å²) >= 11 is 0. The summed E-state index contributed by atoms with van der Waals surface area (Å²) in [4.78, 5) is 12.2. The van der Waals surface area contributed by atoms with Crippen LogP contribution >= 0.6 is 0 Å². The Hall–Kier alpha value is -0.650. The molecule has 0 radical (unpaired) electrons. The van der Waals surface area contributed by atoms with Gasteiger partial charge >= 0.3 is 0 Å². The van der Waals surface area contributed by atoms with Gasteiger partial charge in [0, 0.05) is 0 Å². The average Bonchev–Trinajstić information content (AvgIpc) is 2.54. The minimum atomic E-state index is -1.00. The van der Waals surface area contributed by atoms with Gasteiger partial charge in [-0.15, -0.1) is 0 Å². The summed E-state index contributed by atoms with van der Waals surface area (Å²) in [6.07, 6.45) is 15.9. The van der Waals surface area contributed by atoms with Gasteiger partial charge in [0.25, 0.3) is 0 Å². The molecule has 0 aromatic heterocycles. The van der Waals surface area contributed by atoms with Crippen molar-refractivity contribution in [2.75, 3.05) is 48.3 Å². The molecule has 0 heterocycles. The van der Waals surface area contributed by atoms with Gasteiger partial charge in [0.2, 0.25) is 0 Å². The summed E-state index contributed by atoms with van der Waals surface area (Å²) in [7, 11) is 9.71. The lowest BCUT2D eigenvalue weighted by molar-refractivity contribution is -0.864. The van der Waals surface area contributed by atoms with Gasteiger partial charge in [-0.25, -0.2) is 0 Å². The van der Waals surface area contributed by atoms with Gasteiger partial charge in [-0.2, -0.15) is 0 Å². The fourth-order valence-corrected chi connectivity index (χ4v) is 2.96. The first-order valence-corrected chi connectivity index (χ1v) is 11.0. The zero-order chi connectivity index (χ0) is 21.1. The largest absolute Gasteiger partial charge is 0.544 e. The Kier molecular flexibility index (Phi) is 19.8. The summed E-state index contributed by atoms with van der Waals surface area (Å²) in [6.45, 7) is 5.77. The number of quaternary nitrogens is 1. The molecule has 1 atom stereocenters. The molecular formula is C22H49N3O2. The number of hydrogen-bond acceptors (Lipinski definition) is 4. The third-order valence-electron chi connectivity index (χ3n) is 4.52. The van der Waals surface area contributed by atoms with E-state index >= 15 is 0 Å². The zero-order valence-electron chi connectivity index (χ0n) is 19.5. The van der Waals surface area contributed by atoms with Crippen LogP contribution in [0.2, 0.25) is 0 Å². The van der Waals surface area contributed by atoms with E-state index in [1.165, 1.54) is 77.2 Å². The van der Waals surface area contributed by atoms with Crippen LogP contribution in [0.1, 0.15) is 84.5 Å². The molecule has 0 aliphatic heterocycles. The molecule has 0 fully saturated rings. The maximum absolute atomic E-state index is 9.89. The van der Waals surface area contributed by atoms with Crippen molar-refractivity contribution in [2.24, 2.45) is 0 Å². The monoisotopic (exact) mass is 387 g/mol. The predicted octanol–water partition coefficient (Wildman–Crippen LogP) is 3.24. The molecule has 0 aromatic rings. The molecule has 5 heteroatoms. The van der Waals surface area contributed by atoms with E-state index in [0.29, 0.717) is 10.6 Å². The van der Waals surface area contributed by atoms with Crippen molar-refractivity contribution in [3.05, 3.63) is 0 Å². The first-order chi connectivity index (χ1) is 12.6. The van der Waals surface area contributed by atoms with Crippen LogP contribution in [0.5, 0.6) is 0 Å². The van der Waals surface area contributed by atoms with Crippen LogP contribution in [0.4, 0.5) is 0 Å². The highest BCUT2D eigenvalue weighted by molar-refractivity contribution is 5.65. The molecule has 0 saturated carbocycles. The molecule has 0 rings (SSSR count). The maximum Gasteiger partial charge on any atom is 0.118 e. The normalized spacial score (nSPS) is 12.6. The Morgan fingerprint density at radius 1 is 0.889 bits per heavy atom. The number of aliphatic carboxylic acids is 1. The second-order valence-electron chi connectivity index (χ2n) is 8.84. The van der Waals surface area contributed by atoms with E-state index < -0.39 is 5.97 Å². The van der Waals surface area contributed by atoms with Gasteiger partial charge < -0.3 is 19.7 Å². The second kappa shape index (κ2) is 18.7. The number of nitrogens with one attached hydrogen (secondary N) is 1. The van der Waals surface area contributed by atoms with Crippen molar-refractivity contribution >= 4 is 5.97 Å². The molecule has 1 N–H and O–H groups in total. The summed E-state index contributed by atoms with van der Waals surface area (Å²) in [6, 6.07) is 0. The summed E-state index contributed by atoms with van der Waals surface area (Å²) in [5.41, 5.74) is 0. The molecule has 164 valence electrons. The standard InChI is InChI=1S/C17H38N2.C5H11NO2/c1-5-7-8-9-10-11-12-13-14-15-16-18-17(6-2)19(3)4;1-6(2,3)4-5(7)8/h17-18H,5-16H2,1-4H3;4H2,1-3H3. The topological polar surface area (TPSA) is 55.4 Å². The quantitative estimate of drug-likeness (QED) is 0.251. The number of carboxylic acids is 1. The second-order valence-corrected chi connectivity index (χ2v) is 8.84. The number of rotatable bonds is 16. The minimum absolute atomic E-state index is 0.0694. The molecule has 0 aliphatic rings. The summed E-state index contributed by atoms with van der Waals surface area (Å²) in [5.74, 6) is -1.00. The van der Waals surface area contributed by atoms with Crippen LogP contribution in [0, 0.1) is 0 Å². The molecule has 5 nitrogen and oxygen atoms in total. The lowest BCUT2D eigenvalue weighted by Gasteiger charge is -2.24. The van der Waals surface area contributed by atoms with Crippen LogP contribution in [-0.4, -0.2) is 69.8 Å². The van der Waals surface area contributed by atoms with Crippen molar-refractivity contribution < 1.29 is 14.4 Å². The minimum Gasteiger partial charge on any atom is -0.544 e. The van der Waals surface area contributed by atoms with Crippen molar-refractivity contribution in [1.29, 1.82) is 0 Å². The van der Waals surface area contributed by atoms with Crippen molar-refractivity contribution in [3.8, 4) is 0 Å². The third-order valence-corrected chi connectivity index (χ3v) is 4.52. The highest BCUT2D eigenvalue weighted by atomic mass is 16.4. The van der Waals surface area contributed by atoms with Gasteiger partial charge in [-0.3, -0.25) is 4.90 Å². The Balaban J connectivity index is 0. The van der Waals surface area contributed by atoms with E-state index in [1.54, 1.807) is 21.1 Å². The van der Waals surface area contributed by atoms with Crippen LogP contribution in [0.25, 0.3) is 0 Å². The number of unbranched alkanes of at least 4 members (excludes halogenated alkanes) is 9. The lowest BCUT2D eigenvalue weighted by atomic mass is 10.1. The van der Waals surface area contributed by atoms with Crippen LogP contribution in [-0.2, 0) is 4.79 Å². The molecule has 0 aromatic carbocycles. The van der Waals surface area contributed by atoms with Crippen LogP contribution in [0.15, 0.2) is 0 Å². The van der Waals surface area contributed by atoms with Gasteiger partial charge in [-0.1, -0.05) is 71.6 Å². The third kappa shape index (κ3) is 25.3. The van der Waals surface area contributed by atoms with E-state index in [4.69, 9.17) is 0 Å². The Morgan fingerprint density at radius 3 is 1.63 bits per heavy atom. The average molecular weight is 388 g/mol. The van der Waals surface area contributed by atoms with Crippen molar-refractivity contribution in [1.82, 2.24) is 10.2 Å². The van der Waals surface area contributed by atoms with Crippen molar-refractivity contribution in [3.63, 3.8) is 0 Å². The van der Waals surface area contributed by atoms with Gasteiger partial charge in [0.1, 0.15) is 6.54 Å². The Morgan fingerprint density at radius 2 is 1.33 bits per heavy atom. The smallest absolute Gasteiger partial charge is 0.118 e. The van der Waals surface area contributed by atoms with E-state index in [1.807, 2.05) is 0 Å². The molecular weight excluding hydrogens is 338 g/mol. The molecule has 0 aliphatic carbocycles. The fraction of sp³-hybridized carbons (Fsp3) is 0.955. The van der Waals surface area contributed by atoms with E-state index in [0.717, 1.165) is 0 Å². The Bertz CT molecular complexity index is 328. The zero-order valence-corrected chi connectivity index (χ0v) is 19.5. The van der Waals surface area contributed by atoms with E-state index in [9.17, 15) is 9.90 Å². The molecule has 27 heavy (non-hydrogen) atoms. The molecule has 0 amide bonds. The maximum atomic E-state index is 9.89. The predicted molar refractivity (Wildman–Crippen MR) is 116 cm³/mol. The van der Waals surface area contributed by atoms with Crippen LogP contribution < -0.4 is 10.4 Å². The first-order valence-electron chi connectivity index (χ1n) is 11.0. The summed E-state index contributed by atoms with van der Waals surface area (Å²) < 4.78 is 0.419. The highest BCUT2D eigenvalue weighted by Crippen LogP contribution is 2.10. The highest BCUT2D eigenvalue weighted by Gasteiger charge is 2.06. The SMILES string of the molecule is CCCCCCCCCCCCNC(CC)N(C)C.C[N+](C)(C)CC(=O)[O-]. The van der Waals surface area contributed by atoms with Gasteiger partial charge in [0.05, 0.1) is 33.3 Å². The summed E-state index contributed by atoms with van der Waals surface area (Å²) in [5, 5.41) is 13.5. The number of carbonyl (C=O) groups excluding carboxylic acids is 1. The van der Waals surface area contributed by atoms with Gasteiger partial charge in [0.15, 0.2) is 0 Å². The first kappa shape index (κ1) is 28.6. The van der Waals surface area contributed by atoms with Gasteiger partial charge in [-0.05, 0) is 33.5 Å². The lowest BCUT2D eigenvalue weighted by Crippen LogP contribution is -2.45. The number of likely N-dealkylation sites (N-methyl/N-ethyl adjacent to an activating group) is 1. The molecule has 0 bridgehead atoms. The van der Waals surface area contributed by atoms with E-state index in [2.05, 4.69) is 38.2 Å². The molecule has 0 saturated heterocycles. The number of carboxylic acid groups (broad SMARTS) is 1. The molecule has 1 unspecified atom stereocenters. The van der Waals surface area contributed by atoms with Crippen molar-refractivity contribution in [2.45, 2.75) is 90.6 Å². The Labute approximate surface area is 170 Å². The molecule has 0 spiro atoms. The number of carbonyl (C=O) groups is 1. The fourth-order valence-electron chi connectivity index (χ4n) is 2.96. The number of nitrogens with zero attached hydrogens (tertiary/aromatic N) is 2.